The van der Waals surface area contributed by atoms with Crippen LogP contribution in [0.25, 0.3) is 0 Å². The van der Waals surface area contributed by atoms with Crippen LogP contribution in [0.5, 0.6) is 0 Å². The van der Waals surface area contributed by atoms with E-state index >= 15 is 0 Å². The Morgan fingerprint density at radius 2 is 1.96 bits per heavy atom. The fourth-order valence-electron chi connectivity index (χ4n) is 3.21. The molecule has 0 amide bonds. The molecule has 4 nitrogen and oxygen atoms in total. The number of benzene rings is 1. The monoisotopic (exact) mass is 333 g/mol. The van der Waals surface area contributed by atoms with E-state index in [1.807, 2.05) is 49.4 Å². The summed E-state index contributed by atoms with van der Waals surface area (Å²) in [5.74, 6) is 2.17. The quantitative estimate of drug-likeness (QED) is 0.813. The fourth-order valence-corrected chi connectivity index (χ4v) is 4.56. The first kappa shape index (κ1) is 16.3. The highest BCUT2D eigenvalue weighted by Crippen LogP contribution is 2.32. The van der Waals surface area contributed by atoms with Crippen molar-refractivity contribution in [1.29, 1.82) is 0 Å². The van der Waals surface area contributed by atoms with Gasteiger partial charge in [0.15, 0.2) is 9.84 Å². The van der Waals surface area contributed by atoms with Gasteiger partial charge < -0.3 is 4.42 Å². The number of hydrogen-bond donors (Lipinski definition) is 0. The average molecular weight is 333 g/mol. The van der Waals surface area contributed by atoms with Gasteiger partial charge >= 0.3 is 0 Å². The molecule has 124 valence electrons. The summed E-state index contributed by atoms with van der Waals surface area (Å²) in [6.07, 6.45) is 2.12. The van der Waals surface area contributed by atoms with Crippen LogP contribution in [0.1, 0.15) is 36.0 Å². The summed E-state index contributed by atoms with van der Waals surface area (Å²) in [7, 11) is -3.09. The first-order valence-corrected chi connectivity index (χ1v) is 9.90. The molecule has 0 unspecified atom stereocenters. The lowest BCUT2D eigenvalue weighted by atomic mass is 10.2. The number of aryl methyl sites for hydroxylation is 1. The highest BCUT2D eigenvalue weighted by atomic mass is 32.2. The molecule has 3 rings (SSSR count). The summed E-state index contributed by atoms with van der Waals surface area (Å²) in [6, 6.07) is 13.6. The number of likely N-dealkylation sites (tertiary alicyclic amines) is 1. The van der Waals surface area contributed by atoms with Gasteiger partial charge in [0, 0.05) is 6.54 Å². The van der Waals surface area contributed by atoms with Gasteiger partial charge in [0.1, 0.15) is 11.5 Å². The van der Waals surface area contributed by atoms with Gasteiger partial charge in [0.05, 0.1) is 17.5 Å². The first-order valence-electron chi connectivity index (χ1n) is 8.08. The normalized spacial score (nSPS) is 19.3. The van der Waals surface area contributed by atoms with Crippen LogP contribution in [0, 0.1) is 6.92 Å². The van der Waals surface area contributed by atoms with E-state index in [1.54, 1.807) is 0 Å². The SMILES string of the molecule is Cc1ccc([C@@H]2CCCN2CCS(=O)(=O)Cc2ccccc2)o1. The maximum absolute atomic E-state index is 12.4. The first-order chi connectivity index (χ1) is 11.0. The zero-order valence-electron chi connectivity index (χ0n) is 13.4. The summed E-state index contributed by atoms with van der Waals surface area (Å²) in [5.41, 5.74) is 0.854. The Labute approximate surface area is 138 Å². The second-order valence-corrected chi connectivity index (χ2v) is 8.40. The minimum Gasteiger partial charge on any atom is -0.465 e. The van der Waals surface area contributed by atoms with Crippen molar-refractivity contribution >= 4 is 9.84 Å². The largest absolute Gasteiger partial charge is 0.465 e. The Morgan fingerprint density at radius 1 is 1.17 bits per heavy atom. The predicted octanol–water partition coefficient (Wildman–Crippen LogP) is 3.34. The molecule has 1 aliphatic rings. The molecule has 0 radical (unpaired) electrons. The molecule has 1 atom stereocenters. The smallest absolute Gasteiger partial charge is 0.155 e. The summed E-state index contributed by atoms with van der Waals surface area (Å²) in [4.78, 5) is 2.24. The van der Waals surface area contributed by atoms with Crippen LogP contribution in [0.15, 0.2) is 46.9 Å². The molecular formula is C18H23NO3S. The molecule has 0 bridgehead atoms. The van der Waals surface area contributed by atoms with Gasteiger partial charge in [-0.15, -0.1) is 0 Å². The zero-order valence-corrected chi connectivity index (χ0v) is 14.3. The second-order valence-electron chi connectivity index (χ2n) is 6.22. The third-order valence-electron chi connectivity index (χ3n) is 4.37. The average Bonchev–Trinajstić information content (AvgIpc) is 3.14. The van der Waals surface area contributed by atoms with Crippen molar-refractivity contribution < 1.29 is 12.8 Å². The second kappa shape index (κ2) is 6.89. The Balaban J connectivity index is 1.60. The standard InChI is InChI=1S/C18H23NO3S/c1-15-9-10-18(22-15)17-8-5-11-19(17)12-13-23(20,21)14-16-6-3-2-4-7-16/h2-4,6-7,9-10,17H,5,8,11-14H2,1H3/t17-/m0/s1. The number of sulfone groups is 1. The summed E-state index contributed by atoms with van der Waals surface area (Å²) in [5, 5.41) is 0. The van der Waals surface area contributed by atoms with Crippen molar-refractivity contribution in [1.82, 2.24) is 4.90 Å². The van der Waals surface area contributed by atoms with E-state index < -0.39 is 9.84 Å². The van der Waals surface area contributed by atoms with E-state index in [1.165, 1.54) is 0 Å². The molecular weight excluding hydrogens is 310 g/mol. The van der Waals surface area contributed by atoms with Crippen LogP contribution < -0.4 is 0 Å². The van der Waals surface area contributed by atoms with Crippen LogP contribution in [-0.2, 0) is 15.6 Å². The Hall–Kier alpha value is -1.59. The van der Waals surface area contributed by atoms with Crippen LogP contribution in [0.2, 0.25) is 0 Å². The third-order valence-corrected chi connectivity index (χ3v) is 5.95. The van der Waals surface area contributed by atoms with Gasteiger partial charge in [-0.1, -0.05) is 30.3 Å². The Bertz CT molecular complexity index is 737. The van der Waals surface area contributed by atoms with Gasteiger partial charge in [-0.05, 0) is 44.0 Å². The minimum absolute atomic E-state index is 0.117. The molecule has 1 aromatic heterocycles. The van der Waals surface area contributed by atoms with Gasteiger partial charge in [0.25, 0.3) is 0 Å². The molecule has 1 saturated heterocycles. The topological polar surface area (TPSA) is 50.5 Å². The van der Waals surface area contributed by atoms with Crippen LogP contribution >= 0.6 is 0 Å². The maximum Gasteiger partial charge on any atom is 0.155 e. The van der Waals surface area contributed by atoms with E-state index in [4.69, 9.17) is 4.42 Å². The minimum atomic E-state index is -3.09. The predicted molar refractivity (Wildman–Crippen MR) is 90.9 cm³/mol. The molecule has 1 fully saturated rings. The summed E-state index contributed by atoms with van der Waals surface area (Å²) < 4.78 is 30.4. The lowest BCUT2D eigenvalue weighted by molar-refractivity contribution is 0.238. The molecule has 0 N–H and O–H groups in total. The number of furan rings is 1. The van der Waals surface area contributed by atoms with Crippen molar-refractivity contribution in [2.24, 2.45) is 0 Å². The zero-order chi connectivity index (χ0) is 16.3. The van der Waals surface area contributed by atoms with Gasteiger partial charge in [-0.25, -0.2) is 8.42 Å². The van der Waals surface area contributed by atoms with Crippen molar-refractivity contribution in [2.75, 3.05) is 18.8 Å². The van der Waals surface area contributed by atoms with Gasteiger partial charge in [-0.3, -0.25) is 4.90 Å². The molecule has 1 aliphatic heterocycles. The lowest BCUT2D eigenvalue weighted by Crippen LogP contribution is -2.29. The molecule has 2 aromatic rings. The molecule has 0 saturated carbocycles. The van der Waals surface area contributed by atoms with Crippen LogP contribution in [0.4, 0.5) is 0 Å². The highest BCUT2D eigenvalue weighted by Gasteiger charge is 2.29. The molecule has 23 heavy (non-hydrogen) atoms. The van der Waals surface area contributed by atoms with E-state index in [0.717, 1.165) is 36.5 Å². The third kappa shape index (κ3) is 4.24. The van der Waals surface area contributed by atoms with Gasteiger partial charge in [-0.2, -0.15) is 0 Å². The van der Waals surface area contributed by atoms with E-state index in [-0.39, 0.29) is 17.5 Å². The number of hydrogen-bond acceptors (Lipinski definition) is 4. The molecule has 2 heterocycles. The van der Waals surface area contributed by atoms with Crippen molar-refractivity contribution in [3.05, 3.63) is 59.5 Å². The number of nitrogens with zero attached hydrogens (tertiary/aromatic N) is 1. The van der Waals surface area contributed by atoms with E-state index in [2.05, 4.69) is 4.90 Å². The van der Waals surface area contributed by atoms with E-state index in [9.17, 15) is 8.42 Å². The molecule has 0 aliphatic carbocycles. The van der Waals surface area contributed by atoms with Crippen molar-refractivity contribution in [3.8, 4) is 0 Å². The molecule has 0 spiro atoms. The Morgan fingerprint density at radius 3 is 2.65 bits per heavy atom. The van der Waals surface area contributed by atoms with Crippen molar-refractivity contribution in [2.45, 2.75) is 31.6 Å². The molecule has 5 heteroatoms. The van der Waals surface area contributed by atoms with Crippen LogP contribution in [-0.4, -0.2) is 32.2 Å². The lowest BCUT2D eigenvalue weighted by Gasteiger charge is -2.22. The van der Waals surface area contributed by atoms with Crippen molar-refractivity contribution in [3.63, 3.8) is 0 Å². The fraction of sp³-hybridized carbons (Fsp3) is 0.444. The number of rotatable bonds is 6. The molecule has 1 aromatic carbocycles. The van der Waals surface area contributed by atoms with Gasteiger partial charge in [0.2, 0.25) is 0 Å². The summed E-state index contributed by atoms with van der Waals surface area (Å²) in [6.45, 7) is 3.44. The summed E-state index contributed by atoms with van der Waals surface area (Å²) >= 11 is 0. The maximum atomic E-state index is 12.4. The Kier molecular flexibility index (Phi) is 4.87. The highest BCUT2D eigenvalue weighted by molar-refractivity contribution is 7.90. The van der Waals surface area contributed by atoms with Crippen LogP contribution in [0.3, 0.4) is 0 Å². The van der Waals surface area contributed by atoms with E-state index in [0.29, 0.717) is 6.54 Å².